The second-order valence-electron chi connectivity index (χ2n) is 5.18. The highest BCUT2D eigenvalue weighted by Gasteiger charge is 2.32. The number of aromatic carboxylic acids is 1. The average molecular weight is 313 g/mol. The van der Waals surface area contributed by atoms with Crippen molar-refractivity contribution in [3.05, 3.63) is 29.3 Å². The molecular weight excluding hydrogens is 294 g/mol. The van der Waals surface area contributed by atoms with Crippen LogP contribution in [0.25, 0.3) is 0 Å². The highest BCUT2D eigenvalue weighted by molar-refractivity contribution is 7.89. The lowest BCUT2D eigenvalue weighted by atomic mass is 10.1. The molecule has 2 rings (SSSR count). The number of carbonyl (C=O) groups is 1. The molecule has 21 heavy (non-hydrogen) atoms. The number of sulfonamides is 1. The molecule has 0 aliphatic carbocycles. The van der Waals surface area contributed by atoms with Gasteiger partial charge < -0.3 is 10.2 Å². The lowest BCUT2D eigenvalue weighted by molar-refractivity contribution is 0.0695. The minimum absolute atomic E-state index is 0.00399. The van der Waals surface area contributed by atoms with Gasteiger partial charge in [0.25, 0.3) is 0 Å². The Morgan fingerprint density at radius 2 is 2.14 bits per heavy atom. The predicted molar refractivity (Wildman–Crippen MR) is 76.7 cm³/mol. The largest absolute Gasteiger partial charge is 0.478 e. The van der Waals surface area contributed by atoms with E-state index in [9.17, 15) is 18.3 Å². The summed E-state index contributed by atoms with van der Waals surface area (Å²) in [6.07, 6.45) is 1.15. The van der Waals surface area contributed by atoms with E-state index >= 15 is 0 Å². The smallest absolute Gasteiger partial charge is 0.336 e. The van der Waals surface area contributed by atoms with E-state index in [0.29, 0.717) is 24.9 Å². The molecule has 1 aliphatic heterocycles. The Morgan fingerprint density at radius 1 is 1.43 bits per heavy atom. The molecule has 1 aliphatic rings. The van der Waals surface area contributed by atoms with Crippen molar-refractivity contribution in [3.63, 3.8) is 0 Å². The topological polar surface area (TPSA) is 94.9 Å². The summed E-state index contributed by atoms with van der Waals surface area (Å²) >= 11 is 0. The van der Waals surface area contributed by atoms with Gasteiger partial charge in [-0.15, -0.1) is 0 Å². The van der Waals surface area contributed by atoms with Crippen LogP contribution < -0.4 is 0 Å². The van der Waals surface area contributed by atoms with Crippen molar-refractivity contribution in [2.45, 2.75) is 24.7 Å². The quantitative estimate of drug-likeness (QED) is 0.844. The van der Waals surface area contributed by atoms with Gasteiger partial charge in [0.05, 0.1) is 10.5 Å². The normalized spacial score (nSPS) is 19.8. The molecule has 1 atom stereocenters. The molecule has 0 spiro atoms. The van der Waals surface area contributed by atoms with Crippen LogP contribution in [0.2, 0.25) is 0 Å². The van der Waals surface area contributed by atoms with Crippen LogP contribution in [0.5, 0.6) is 0 Å². The minimum atomic E-state index is -3.70. The van der Waals surface area contributed by atoms with Crippen molar-refractivity contribution in [1.82, 2.24) is 4.31 Å². The van der Waals surface area contributed by atoms with Gasteiger partial charge in [-0.05, 0) is 36.5 Å². The predicted octanol–water partition coefficient (Wildman–Crippen LogP) is 0.950. The van der Waals surface area contributed by atoms with Gasteiger partial charge in [-0.25, -0.2) is 13.2 Å². The van der Waals surface area contributed by atoms with Gasteiger partial charge in [0, 0.05) is 19.7 Å². The fraction of sp³-hybridized carbons (Fsp3) is 0.500. The van der Waals surface area contributed by atoms with E-state index in [1.165, 1.54) is 16.4 Å². The lowest BCUT2D eigenvalue weighted by Gasteiger charge is -2.17. The summed E-state index contributed by atoms with van der Waals surface area (Å²) < 4.78 is 26.3. The Bertz CT molecular complexity index is 641. The molecule has 1 heterocycles. The molecule has 0 amide bonds. The van der Waals surface area contributed by atoms with Crippen LogP contribution in [0.4, 0.5) is 0 Å². The third-order valence-corrected chi connectivity index (χ3v) is 5.70. The summed E-state index contributed by atoms with van der Waals surface area (Å²) in [5.41, 5.74) is 0.632. The maximum absolute atomic E-state index is 12.5. The first-order chi connectivity index (χ1) is 9.90. The molecule has 2 N–H and O–H groups in total. The minimum Gasteiger partial charge on any atom is -0.478 e. The Balaban J connectivity index is 2.37. The van der Waals surface area contributed by atoms with Crippen LogP contribution in [0.3, 0.4) is 0 Å². The molecule has 7 heteroatoms. The van der Waals surface area contributed by atoms with E-state index in [-0.39, 0.29) is 29.5 Å². The van der Waals surface area contributed by atoms with E-state index in [1.54, 1.807) is 6.07 Å². The molecule has 116 valence electrons. The first-order valence-corrected chi connectivity index (χ1v) is 8.31. The highest BCUT2D eigenvalue weighted by atomic mass is 32.2. The van der Waals surface area contributed by atoms with Gasteiger partial charge in [0.15, 0.2) is 0 Å². The van der Waals surface area contributed by atoms with Crippen molar-refractivity contribution in [1.29, 1.82) is 0 Å². The number of carboxylic acid groups (broad SMARTS) is 1. The van der Waals surface area contributed by atoms with Gasteiger partial charge in [-0.2, -0.15) is 4.31 Å². The Kier molecular flexibility index (Phi) is 4.65. The number of carboxylic acids is 1. The Labute approximate surface area is 124 Å². The van der Waals surface area contributed by atoms with E-state index in [4.69, 9.17) is 5.11 Å². The van der Waals surface area contributed by atoms with Crippen molar-refractivity contribution >= 4 is 16.0 Å². The molecule has 0 saturated carbocycles. The molecule has 1 saturated heterocycles. The third kappa shape index (κ3) is 3.09. The number of aliphatic hydroxyl groups excluding tert-OH is 1. The monoisotopic (exact) mass is 313 g/mol. The fourth-order valence-electron chi connectivity index (χ4n) is 2.54. The van der Waals surface area contributed by atoms with E-state index in [0.717, 1.165) is 0 Å². The second-order valence-corrected chi connectivity index (χ2v) is 7.12. The summed E-state index contributed by atoms with van der Waals surface area (Å²) in [6.45, 7) is 2.41. The maximum Gasteiger partial charge on any atom is 0.336 e. The van der Waals surface area contributed by atoms with E-state index < -0.39 is 16.0 Å². The molecule has 0 radical (unpaired) electrons. The standard InChI is InChI=1S/C14H19NO5S/c1-2-11-3-4-12(7-13(11)14(17)18)21(19,20)15-6-5-10(8-15)9-16/h3-4,7,10,16H,2,5-6,8-9H2,1H3,(H,17,18). The van der Waals surface area contributed by atoms with E-state index in [2.05, 4.69) is 0 Å². The lowest BCUT2D eigenvalue weighted by Crippen LogP contribution is -2.29. The van der Waals surface area contributed by atoms with Crippen LogP contribution in [-0.4, -0.2) is 48.6 Å². The number of benzene rings is 1. The Morgan fingerprint density at radius 3 is 2.67 bits per heavy atom. The molecule has 1 unspecified atom stereocenters. The first kappa shape index (κ1) is 15.9. The van der Waals surface area contributed by atoms with Crippen LogP contribution >= 0.6 is 0 Å². The van der Waals surface area contributed by atoms with Crippen LogP contribution in [0.15, 0.2) is 23.1 Å². The van der Waals surface area contributed by atoms with Crippen LogP contribution in [0.1, 0.15) is 29.3 Å². The SMILES string of the molecule is CCc1ccc(S(=O)(=O)N2CCC(CO)C2)cc1C(=O)O. The van der Waals surface area contributed by atoms with Crippen molar-refractivity contribution in [2.24, 2.45) is 5.92 Å². The third-order valence-electron chi connectivity index (χ3n) is 3.84. The molecule has 1 aromatic rings. The molecule has 0 bridgehead atoms. The van der Waals surface area contributed by atoms with Crippen molar-refractivity contribution < 1.29 is 23.4 Å². The molecular formula is C14H19NO5S. The number of rotatable bonds is 5. The summed E-state index contributed by atoms with van der Waals surface area (Å²) in [7, 11) is -3.70. The second kappa shape index (κ2) is 6.13. The molecule has 1 aromatic carbocycles. The number of aryl methyl sites for hydroxylation is 1. The molecule has 6 nitrogen and oxygen atoms in total. The molecule has 0 aromatic heterocycles. The van der Waals surface area contributed by atoms with Gasteiger partial charge >= 0.3 is 5.97 Å². The van der Waals surface area contributed by atoms with E-state index in [1.807, 2.05) is 6.92 Å². The number of aliphatic hydroxyl groups is 1. The maximum atomic E-state index is 12.5. The van der Waals surface area contributed by atoms with Gasteiger partial charge in [0.2, 0.25) is 10.0 Å². The zero-order valence-electron chi connectivity index (χ0n) is 11.8. The summed E-state index contributed by atoms with van der Waals surface area (Å²) in [4.78, 5) is 11.2. The van der Waals surface area contributed by atoms with Gasteiger partial charge in [0.1, 0.15) is 0 Å². The average Bonchev–Trinajstić information content (AvgIpc) is 2.96. The first-order valence-electron chi connectivity index (χ1n) is 6.87. The van der Waals surface area contributed by atoms with Gasteiger partial charge in [-0.3, -0.25) is 0 Å². The zero-order valence-corrected chi connectivity index (χ0v) is 12.6. The van der Waals surface area contributed by atoms with Gasteiger partial charge in [-0.1, -0.05) is 13.0 Å². The van der Waals surface area contributed by atoms with Crippen LogP contribution in [0, 0.1) is 5.92 Å². The Hall–Kier alpha value is -1.44. The van der Waals surface area contributed by atoms with Crippen molar-refractivity contribution in [2.75, 3.05) is 19.7 Å². The highest BCUT2D eigenvalue weighted by Crippen LogP contribution is 2.25. The van der Waals surface area contributed by atoms with Crippen molar-refractivity contribution in [3.8, 4) is 0 Å². The number of hydrogen-bond acceptors (Lipinski definition) is 4. The van der Waals surface area contributed by atoms with Crippen LogP contribution in [-0.2, 0) is 16.4 Å². The zero-order chi connectivity index (χ0) is 15.6. The number of hydrogen-bond donors (Lipinski definition) is 2. The summed E-state index contributed by atoms with van der Waals surface area (Å²) in [6, 6.07) is 4.23. The summed E-state index contributed by atoms with van der Waals surface area (Å²) in [5.74, 6) is -1.17. The molecule has 1 fully saturated rings. The number of nitrogens with zero attached hydrogens (tertiary/aromatic N) is 1. The summed E-state index contributed by atoms with van der Waals surface area (Å²) in [5, 5.41) is 18.3. The fourth-order valence-corrected chi connectivity index (χ4v) is 4.09.